The number of benzene rings is 1. The average molecular weight is 345 g/mol. The van der Waals surface area contributed by atoms with Crippen LogP contribution in [0.4, 0.5) is 4.39 Å². The van der Waals surface area contributed by atoms with Gasteiger partial charge in [0, 0.05) is 0 Å². The van der Waals surface area contributed by atoms with Crippen LogP contribution in [0, 0.1) is 29.5 Å². The minimum atomic E-state index is -0.202. The van der Waals surface area contributed by atoms with E-state index in [1.807, 2.05) is 0 Å². The van der Waals surface area contributed by atoms with E-state index in [0.29, 0.717) is 5.92 Å². The maximum Gasteiger partial charge on any atom is 0.123 e. The molecule has 0 unspecified atom stereocenters. The Bertz CT molecular complexity index is 507. The fourth-order valence-corrected chi connectivity index (χ4v) is 4.87. The normalized spacial score (nSPS) is 30.0. The van der Waals surface area contributed by atoms with Gasteiger partial charge in [0.2, 0.25) is 0 Å². The zero-order valence-corrected chi connectivity index (χ0v) is 15.5. The smallest absolute Gasteiger partial charge is 0.123 e. The SMILES string of the molecule is C=CCC[C@H]1CC[C@H](C2CCC(COc3ccc(F)cc3)CC2)CC1. The lowest BCUT2D eigenvalue weighted by atomic mass is 9.69. The number of halogens is 1. The average Bonchev–Trinajstić information content (AvgIpc) is 2.67. The summed E-state index contributed by atoms with van der Waals surface area (Å²) >= 11 is 0. The first-order valence-corrected chi connectivity index (χ1v) is 10.2. The third-order valence-electron chi connectivity index (χ3n) is 6.53. The quantitative estimate of drug-likeness (QED) is 0.495. The van der Waals surface area contributed by atoms with Crippen LogP contribution in [0.2, 0.25) is 0 Å². The molecule has 2 fully saturated rings. The van der Waals surface area contributed by atoms with E-state index in [0.717, 1.165) is 30.1 Å². The van der Waals surface area contributed by atoms with Crippen molar-refractivity contribution in [3.8, 4) is 5.75 Å². The largest absolute Gasteiger partial charge is 0.493 e. The van der Waals surface area contributed by atoms with Crippen molar-refractivity contribution in [1.29, 1.82) is 0 Å². The molecule has 1 nitrogen and oxygen atoms in total. The highest BCUT2D eigenvalue weighted by Gasteiger charge is 2.30. The standard InChI is InChI=1S/C23H33FO/c1-2-3-4-18-5-9-20(10-6-18)21-11-7-19(8-12-21)17-25-23-15-13-22(24)14-16-23/h2,13-16,18-21H,1,3-12,17H2/t18-,19?,20-,21?. The van der Waals surface area contributed by atoms with Gasteiger partial charge < -0.3 is 4.74 Å². The number of rotatable bonds is 7. The lowest BCUT2D eigenvalue weighted by Gasteiger charge is -2.37. The van der Waals surface area contributed by atoms with Crippen molar-refractivity contribution in [3.63, 3.8) is 0 Å². The summed E-state index contributed by atoms with van der Waals surface area (Å²) in [5.74, 6) is 4.13. The van der Waals surface area contributed by atoms with Crippen molar-refractivity contribution < 1.29 is 9.13 Å². The van der Waals surface area contributed by atoms with Crippen LogP contribution in [0.25, 0.3) is 0 Å². The van der Waals surface area contributed by atoms with Crippen LogP contribution in [0.15, 0.2) is 36.9 Å². The summed E-state index contributed by atoms with van der Waals surface area (Å²) in [4.78, 5) is 0. The molecule has 1 aromatic rings. The Labute approximate surface area is 152 Å². The van der Waals surface area contributed by atoms with E-state index in [1.54, 1.807) is 12.1 Å². The molecule has 138 valence electrons. The summed E-state index contributed by atoms with van der Waals surface area (Å²) in [6.45, 7) is 4.64. The fraction of sp³-hybridized carbons (Fsp3) is 0.652. The summed E-state index contributed by atoms with van der Waals surface area (Å²) in [6.07, 6.45) is 15.7. The molecule has 2 aliphatic carbocycles. The first-order chi connectivity index (χ1) is 12.2. The van der Waals surface area contributed by atoms with E-state index in [9.17, 15) is 4.39 Å². The molecule has 0 aromatic heterocycles. The van der Waals surface area contributed by atoms with Crippen molar-refractivity contribution >= 4 is 0 Å². The Balaban J connectivity index is 1.34. The molecule has 0 aliphatic heterocycles. The van der Waals surface area contributed by atoms with Gasteiger partial charge in [-0.3, -0.25) is 0 Å². The summed E-state index contributed by atoms with van der Waals surface area (Å²) < 4.78 is 18.8. The molecule has 1 aromatic carbocycles. The highest BCUT2D eigenvalue weighted by molar-refractivity contribution is 5.22. The maximum atomic E-state index is 12.9. The van der Waals surface area contributed by atoms with E-state index in [1.165, 1.54) is 76.3 Å². The Morgan fingerprint density at radius 2 is 1.44 bits per heavy atom. The minimum absolute atomic E-state index is 0.202. The number of ether oxygens (including phenoxy) is 1. The molecule has 0 heterocycles. The number of allylic oxidation sites excluding steroid dienone is 1. The zero-order valence-electron chi connectivity index (χ0n) is 15.5. The Morgan fingerprint density at radius 1 is 0.880 bits per heavy atom. The van der Waals surface area contributed by atoms with Crippen LogP contribution in [-0.4, -0.2) is 6.61 Å². The third kappa shape index (κ3) is 5.59. The lowest BCUT2D eigenvalue weighted by Crippen LogP contribution is -2.27. The topological polar surface area (TPSA) is 9.23 Å². The van der Waals surface area contributed by atoms with E-state index < -0.39 is 0 Å². The zero-order chi connectivity index (χ0) is 17.5. The molecular formula is C23H33FO. The first kappa shape index (κ1) is 18.5. The van der Waals surface area contributed by atoms with Gasteiger partial charge >= 0.3 is 0 Å². The fourth-order valence-electron chi connectivity index (χ4n) is 4.87. The van der Waals surface area contributed by atoms with Crippen molar-refractivity contribution in [1.82, 2.24) is 0 Å². The van der Waals surface area contributed by atoms with Crippen LogP contribution in [0.5, 0.6) is 5.75 Å². The monoisotopic (exact) mass is 344 g/mol. The third-order valence-corrected chi connectivity index (χ3v) is 6.53. The van der Waals surface area contributed by atoms with Gasteiger partial charge in [-0.15, -0.1) is 6.58 Å². The van der Waals surface area contributed by atoms with Gasteiger partial charge in [-0.05, 0) is 99.3 Å². The van der Waals surface area contributed by atoms with Gasteiger partial charge in [-0.25, -0.2) is 4.39 Å². The maximum absolute atomic E-state index is 12.9. The van der Waals surface area contributed by atoms with Gasteiger partial charge in [0.1, 0.15) is 11.6 Å². The summed E-state index contributed by atoms with van der Waals surface area (Å²) in [5, 5.41) is 0. The Kier molecular flexibility index (Phi) is 6.95. The molecule has 2 aliphatic rings. The second-order valence-electron chi connectivity index (χ2n) is 8.19. The van der Waals surface area contributed by atoms with Gasteiger partial charge in [0.25, 0.3) is 0 Å². The van der Waals surface area contributed by atoms with Crippen molar-refractivity contribution in [3.05, 3.63) is 42.7 Å². The highest BCUT2D eigenvalue weighted by atomic mass is 19.1. The molecule has 0 spiro atoms. The van der Waals surface area contributed by atoms with Gasteiger partial charge in [-0.2, -0.15) is 0 Å². The summed E-state index contributed by atoms with van der Waals surface area (Å²) in [5.41, 5.74) is 0. The van der Waals surface area contributed by atoms with Crippen LogP contribution >= 0.6 is 0 Å². The van der Waals surface area contributed by atoms with E-state index in [4.69, 9.17) is 4.74 Å². The van der Waals surface area contributed by atoms with E-state index in [-0.39, 0.29) is 5.82 Å². The van der Waals surface area contributed by atoms with Gasteiger partial charge in [0.15, 0.2) is 0 Å². The van der Waals surface area contributed by atoms with E-state index >= 15 is 0 Å². The molecule has 2 heteroatoms. The molecule has 25 heavy (non-hydrogen) atoms. The van der Waals surface area contributed by atoms with Crippen molar-refractivity contribution in [2.45, 2.75) is 64.2 Å². The van der Waals surface area contributed by atoms with E-state index in [2.05, 4.69) is 12.7 Å². The van der Waals surface area contributed by atoms with Crippen LogP contribution < -0.4 is 4.74 Å². The van der Waals surface area contributed by atoms with Gasteiger partial charge in [-0.1, -0.05) is 18.9 Å². The van der Waals surface area contributed by atoms with Crippen molar-refractivity contribution in [2.75, 3.05) is 6.61 Å². The molecule has 0 saturated heterocycles. The molecule has 0 bridgehead atoms. The van der Waals surface area contributed by atoms with Crippen molar-refractivity contribution in [2.24, 2.45) is 23.7 Å². The second-order valence-corrected chi connectivity index (χ2v) is 8.19. The molecule has 0 radical (unpaired) electrons. The molecular weight excluding hydrogens is 311 g/mol. The Hall–Kier alpha value is -1.31. The second kappa shape index (κ2) is 9.40. The molecule has 0 N–H and O–H groups in total. The molecule has 0 atom stereocenters. The summed E-state index contributed by atoms with van der Waals surface area (Å²) in [6, 6.07) is 6.40. The van der Waals surface area contributed by atoms with Crippen LogP contribution in [-0.2, 0) is 0 Å². The number of hydrogen-bond donors (Lipinski definition) is 0. The first-order valence-electron chi connectivity index (χ1n) is 10.2. The minimum Gasteiger partial charge on any atom is -0.493 e. The van der Waals surface area contributed by atoms with Crippen LogP contribution in [0.3, 0.4) is 0 Å². The predicted octanol–water partition coefficient (Wildman–Crippen LogP) is 6.78. The van der Waals surface area contributed by atoms with Gasteiger partial charge in [0.05, 0.1) is 6.61 Å². The summed E-state index contributed by atoms with van der Waals surface area (Å²) in [7, 11) is 0. The molecule has 0 amide bonds. The highest BCUT2D eigenvalue weighted by Crippen LogP contribution is 2.42. The molecule has 3 rings (SSSR count). The number of hydrogen-bond acceptors (Lipinski definition) is 1. The predicted molar refractivity (Wildman–Crippen MR) is 102 cm³/mol. The van der Waals surface area contributed by atoms with Crippen LogP contribution in [0.1, 0.15) is 64.2 Å². The Morgan fingerprint density at radius 3 is 2.00 bits per heavy atom. The lowest BCUT2D eigenvalue weighted by molar-refractivity contribution is 0.122. The molecule has 2 saturated carbocycles.